The Labute approximate surface area is 123 Å². The van der Waals surface area contributed by atoms with Crippen LogP contribution in [0.25, 0.3) is 0 Å². The highest BCUT2D eigenvalue weighted by Crippen LogP contribution is 2.36. The molecule has 0 saturated carbocycles. The van der Waals surface area contributed by atoms with Crippen molar-refractivity contribution in [3.8, 4) is 5.75 Å². The summed E-state index contributed by atoms with van der Waals surface area (Å²) in [5, 5.41) is 2.64. The van der Waals surface area contributed by atoms with E-state index < -0.39 is 17.7 Å². The van der Waals surface area contributed by atoms with Gasteiger partial charge < -0.3 is 14.2 Å². The van der Waals surface area contributed by atoms with E-state index in [0.29, 0.717) is 30.0 Å². The van der Waals surface area contributed by atoms with Crippen molar-refractivity contribution in [1.82, 2.24) is 0 Å². The second-order valence-corrected chi connectivity index (χ2v) is 5.69. The highest BCUT2D eigenvalue weighted by atomic mass is 16.6. The molecule has 0 saturated heterocycles. The van der Waals surface area contributed by atoms with Crippen molar-refractivity contribution in [2.24, 2.45) is 0 Å². The topological polar surface area (TPSA) is 73.9 Å². The van der Waals surface area contributed by atoms with Crippen LogP contribution < -0.4 is 10.1 Å². The largest absolute Gasteiger partial charge is 0.491 e. The maximum atomic E-state index is 11.8. The van der Waals surface area contributed by atoms with Crippen LogP contribution in [0.5, 0.6) is 5.75 Å². The zero-order chi connectivity index (χ0) is 15.6. The van der Waals surface area contributed by atoms with Crippen LogP contribution in [-0.4, -0.2) is 31.4 Å². The smallest absolute Gasteiger partial charge is 0.412 e. The lowest BCUT2D eigenvalue weighted by Crippen LogP contribution is -2.27. The Balaban J connectivity index is 2.25. The van der Waals surface area contributed by atoms with E-state index in [4.69, 9.17) is 14.2 Å². The molecule has 2 rings (SSSR count). The van der Waals surface area contributed by atoms with Gasteiger partial charge in [0.15, 0.2) is 0 Å². The first-order valence-corrected chi connectivity index (χ1v) is 6.69. The van der Waals surface area contributed by atoms with Gasteiger partial charge in [0.25, 0.3) is 0 Å². The summed E-state index contributed by atoms with van der Waals surface area (Å²) >= 11 is 0. The lowest BCUT2D eigenvalue weighted by atomic mass is 10.0. The van der Waals surface area contributed by atoms with Gasteiger partial charge in [0.2, 0.25) is 0 Å². The molecule has 0 unspecified atom stereocenters. The van der Waals surface area contributed by atoms with Crippen molar-refractivity contribution in [2.75, 3.05) is 19.0 Å². The molecule has 0 bridgehead atoms. The molecule has 0 radical (unpaired) electrons. The number of carbonyl (C=O) groups excluding carboxylic acids is 2. The van der Waals surface area contributed by atoms with E-state index in [1.54, 1.807) is 32.9 Å². The number of methoxy groups -OCH3 is 1. The molecule has 0 spiro atoms. The van der Waals surface area contributed by atoms with Crippen molar-refractivity contribution in [3.05, 3.63) is 23.3 Å². The summed E-state index contributed by atoms with van der Waals surface area (Å²) in [6, 6.07) is 3.23. The number of ether oxygens (including phenoxy) is 3. The number of amides is 1. The van der Waals surface area contributed by atoms with Crippen LogP contribution in [0.2, 0.25) is 0 Å². The highest BCUT2D eigenvalue weighted by Gasteiger charge is 2.25. The van der Waals surface area contributed by atoms with Gasteiger partial charge in [0.1, 0.15) is 11.4 Å². The molecule has 0 atom stereocenters. The van der Waals surface area contributed by atoms with Crippen molar-refractivity contribution >= 4 is 17.7 Å². The Hall–Kier alpha value is -2.24. The summed E-state index contributed by atoms with van der Waals surface area (Å²) in [5.74, 6) is 0.0873. The fraction of sp³-hybridized carbons (Fsp3) is 0.467. The van der Waals surface area contributed by atoms with Gasteiger partial charge in [0.05, 0.1) is 25.0 Å². The number of benzene rings is 1. The molecule has 6 nitrogen and oxygen atoms in total. The summed E-state index contributed by atoms with van der Waals surface area (Å²) in [4.78, 5) is 23.5. The third kappa shape index (κ3) is 3.45. The Morgan fingerprint density at radius 2 is 2.00 bits per heavy atom. The van der Waals surface area contributed by atoms with Gasteiger partial charge in [0, 0.05) is 12.0 Å². The van der Waals surface area contributed by atoms with Crippen molar-refractivity contribution < 1.29 is 23.8 Å². The van der Waals surface area contributed by atoms with E-state index in [2.05, 4.69) is 5.32 Å². The van der Waals surface area contributed by atoms with E-state index in [-0.39, 0.29) is 0 Å². The van der Waals surface area contributed by atoms with E-state index in [0.717, 1.165) is 5.56 Å². The zero-order valence-corrected chi connectivity index (χ0v) is 12.6. The zero-order valence-electron chi connectivity index (χ0n) is 12.6. The summed E-state index contributed by atoms with van der Waals surface area (Å²) in [7, 11) is 1.33. The summed E-state index contributed by atoms with van der Waals surface area (Å²) in [5.41, 5.74) is 1.11. The molecule has 1 aliphatic heterocycles. The van der Waals surface area contributed by atoms with Crippen LogP contribution in [0, 0.1) is 0 Å². The van der Waals surface area contributed by atoms with E-state index in [1.807, 2.05) is 0 Å². The lowest BCUT2D eigenvalue weighted by Gasteiger charge is -2.20. The van der Waals surface area contributed by atoms with Gasteiger partial charge in [-0.25, -0.2) is 9.59 Å². The average Bonchev–Trinajstić information content (AvgIpc) is 2.85. The van der Waals surface area contributed by atoms with Crippen LogP contribution in [0.15, 0.2) is 12.1 Å². The lowest BCUT2D eigenvalue weighted by molar-refractivity contribution is 0.0598. The summed E-state index contributed by atoms with van der Waals surface area (Å²) < 4.78 is 15.5. The molecule has 0 aromatic heterocycles. The monoisotopic (exact) mass is 293 g/mol. The molecule has 6 heteroatoms. The van der Waals surface area contributed by atoms with Gasteiger partial charge in [-0.3, -0.25) is 5.32 Å². The molecule has 1 heterocycles. The molecule has 1 aliphatic rings. The Bertz CT molecular complexity index is 574. The quantitative estimate of drug-likeness (QED) is 0.849. The first kappa shape index (κ1) is 15.2. The SMILES string of the molecule is COC(=O)c1ccc(NC(=O)OC(C)(C)C)c2c1CCO2. The third-order valence-electron chi connectivity index (χ3n) is 2.90. The van der Waals surface area contributed by atoms with Crippen molar-refractivity contribution in [2.45, 2.75) is 32.8 Å². The maximum absolute atomic E-state index is 11.8. The van der Waals surface area contributed by atoms with Crippen LogP contribution in [0.4, 0.5) is 10.5 Å². The number of carbonyl (C=O) groups is 2. The number of esters is 1. The molecule has 114 valence electrons. The second-order valence-electron chi connectivity index (χ2n) is 5.69. The normalized spacial score (nSPS) is 13.1. The number of nitrogens with one attached hydrogen (secondary N) is 1. The molecular formula is C15H19NO5. The summed E-state index contributed by atoms with van der Waals surface area (Å²) in [6.45, 7) is 5.82. The standard InChI is InChI=1S/C15H19NO5/c1-15(2,3)21-14(18)16-11-6-5-10(13(17)19-4)9-7-8-20-12(9)11/h5-6H,7-8H2,1-4H3,(H,16,18). The van der Waals surface area contributed by atoms with Crippen molar-refractivity contribution in [1.29, 1.82) is 0 Å². The van der Waals surface area contributed by atoms with Gasteiger partial charge in [-0.1, -0.05) is 0 Å². The number of rotatable bonds is 2. The van der Waals surface area contributed by atoms with Gasteiger partial charge in [-0.05, 0) is 32.9 Å². The Morgan fingerprint density at radius 1 is 1.29 bits per heavy atom. The first-order chi connectivity index (χ1) is 9.81. The summed E-state index contributed by atoms with van der Waals surface area (Å²) in [6.07, 6.45) is 0.0369. The number of hydrogen-bond donors (Lipinski definition) is 1. The molecule has 1 aromatic carbocycles. The van der Waals surface area contributed by atoms with Crippen LogP contribution >= 0.6 is 0 Å². The Kier molecular flexibility index (Phi) is 4.06. The number of hydrogen-bond acceptors (Lipinski definition) is 5. The molecule has 0 aliphatic carbocycles. The molecule has 0 fully saturated rings. The minimum Gasteiger partial charge on any atom is -0.491 e. The fourth-order valence-electron chi connectivity index (χ4n) is 2.11. The van der Waals surface area contributed by atoms with Crippen LogP contribution in [0.3, 0.4) is 0 Å². The molecule has 1 N–H and O–H groups in total. The fourth-order valence-corrected chi connectivity index (χ4v) is 2.11. The predicted molar refractivity (Wildman–Crippen MR) is 76.8 cm³/mol. The molecule has 21 heavy (non-hydrogen) atoms. The Morgan fingerprint density at radius 3 is 2.62 bits per heavy atom. The predicted octanol–water partition coefficient (Wildman–Crippen LogP) is 2.76. The van der Waals surface area contributed by atoms with Crippen molar-refractivity contribution in [3.63, 3.8) is 0 Å². The van der Waals surface area contributed by atoms with E-state index >= 15 is 0 Å². The molecular weight excluding hydrogens is 274 g/mol. The minimum atomic E-state index is -0.583. The van der Waals surface area contributed by atoms with Crippen LogP contribution in [0.1, 0.15) is 36.7 Å². The first-order valence-electron chi connectivity index (χ1n) is 6.69. The number of fused-ring (bicyclic) bond motifs is 1. The highest BCUT2D eigenvalue weighted by molar-refractivity contribution is 5.95. The average molecular weight is 293 g/mol. The van der Waals surface area contributed by atoms with Crippen LogP contribution in [-0.2, 0) is 15.9 Å². The third-order valence-corrected chi connectivity index (χ3v) is 2.90. The molecule has 1 amide bonds. The van der Waals surface area contributed by atoms with Gasteiger partial charge >= 0.3 is 12.1 Å². The number of anilines is 1. The van der Waals surface area contributed by atoms with Gasteiger partial charge in [-0.15, -0.1) is 0 Å². The minimum absolute atomic E-state index is 0.416. The van der Waals surface area contributed by atoms with Gasteiger partial charge in [-0.2, -0.15) is 0 Å². The maximum Gasteiger partial charge on any atom is 0.412 e. The van der Waals surface area contributed by atoms with E-state index in [1.165, 1.54) is 7.11 Å². The molecule has 1 aromatic rings. The van der Waals surface area contributed by atoms with E-state index in [9.17, 15) is 9.59 Å². The second kappa shape index (κ2) is 5.63.